The molecule has 0 unspecified atom stereocenters. The number of fused-ring (bicyclic) bond motifs is 1. The highest BCUT2D eigenvalue weighted by molar-refractivity contribution is 7.92. The van der Waals surface area contributed by atoms with Gasteiger partial charge in [-0.25, -0.2) is 13.4 Å². The summed E-state index contributed by atoms with van der Waals surface area (Å²) < 4.78 is 30.0. The van der Waals surface area contributed by atoms with E-state index in [4.69, 9.17) is 0 Å². The van der Waals surface area contributed by atoms with Crippen LogP contribution in [-0.4, -0.2) is 23.3 Å². The smallest absolute Gasteiger partial charge is 0.258 e. The summed E-state index contributed by atoms with van der Waals surface area (Å²) in [6.07, 6.45) is 3.53. The van der Waals surface area contributed by atoms with Gasteiger partial charge in [-0.2, -0.15) is 4.57 Å². The highest BCUT2D eigenvalue weighted by atomic mass is 32.2. The van der Waals surface area contributed by atoms with Crippen LogP contribution in [-0.2, 0) is 10.0 Å². The van der Waals surface area contributed by atoms with E-state index in [1.807, 2.05) is 25.1 Å². The summed E-state index contributed by atoms with van der Waals surface area (Å²) in [7, 11) is -4.15. The van der Waals surface area contributed by atoms with Crippen LogP contribution in [0, 0.1) is 17.0 Å². The van der Waals surface area contributed by atoms with E-state index in [0.717, 1.165) is 11.6 Å². The topological polar surface area (TPSA) is 119 Å². The number of nitro benzene ring substituents is 1. The van der Waals surface area contributed by atoms with Gasteiger partial charge in [-0.05, 0) is 41.7 Å². The Morgan fingerprint density at radius 3 is 2.43 bits per heavy atom. The first-order valence-corrected chi connectivity index (χ1v) is 10.3. The summed E-state index contributed by atoms with van der Waals surface area (Å²) >= 11 is 0. The van der Waals surface area contributed by atoms with E-state index in [0.29, 0.717) is 11.0 Å². The molecule has 10 heteroatoms. The van der Waals surface area contributed by atoms with Crippen molar-refractivity contribution >= 4 is 32.6 Å². The second kappa shape index (κ2) is 7.48. The molecule has 0 aliphatic heterocycles. The molecule has 0 fully saturated rings. The van der Waals surface area contributed by atoms with Crippen LogP contribution in [0.15, 0.2) is 78.0 Å². The minimum absolute atomic E-state index is 0.0100. The highest BCUT2D eigenvalue weighted by Crippen LogP contribution is 2.23. The summed E-state index contributed by atoms with van der Waals surface area (Å²) in [5.74, 6) is 0.294. The maximum atomic E-state index is 13.0. The predicted octanol–water partition coefficient (Wildman–Crippen LogP) is 2.92. The molecule has 0 aliphatic carbocycles. The molecule has 1 N–H and O–H groups in total. The van der Waals surface area contributed by atoms with E-state index < -0.39 is 14.9 Å². The van der Waals surface area contributed by atoms with Gasteiger partial charge in [0.1, 0.15) is 5.52 Å². The Bertz CT molecular complexity index is 1390. The lowest BCUT2D eigenvalue weighted by atomic mass is 10.3. The van der Waals surface area contributed by atoms with Gasteiger partial charge < -0.3 is 0 Å². The van der Waals surface area contributed by atoms with E-state index in [-0.39, 0.29) is 22.2 Å². The SMILES string of the molecule is Cc1ccc[n+](-c2nc3ccccc3nc2NS(=O)(=O)c2cccc([N+](=O)[O-])c2)c1. The number of nitrogens with zero attached hydrogens (tertiary/aromatic N) is 4. The van der Waals surface area contributed by atoms with Gasteiger partial charge in [0.15, 0.2) is 0 Å². The quantitative estimate of drug-likeness (QED) is 0.300. The summed E-state index contributed by atoms with van der Waals surface area (Å²) in [6, 6.07) is 15.6. The van der Waals surface area contributed by atoms with Crippen LogP contribution in [0.1, 0.15) is 5.56 Å². The molecule has 9 nitrogen and oxygen atoms in total. The number of para-hydroxylation sites is 2. The number of aryl methyl sites for hydroxylation is 1. The molecule has 0 bridgehead atoms. The van der Waals surface area contributed by atoms with Crippen molar-refractivity contribution in [2.24, 2.45) is 0 Å². The van der Waals surface area contributed by atoms with Crippen molar-refractivity contribution in [1.82, 2.24) is 9.97 Å². The Morgan fingerprint density at radius 2 is 1.73 bits per heavy atom. The third-order valence-electron chi connectivity index (χ3n) is 4.31. The lowest BCUT2D eigenvalue weighted by Gasteiger charge is -2.09. The molecule has 4 rings (SSSR count). The lowest BCUT2D eigenvalue weighted by Crippen LogP contribution is -2.33. The molecular weight excluding hydrogens is 406 g/mol. The summed E-state index contributed by atoms with van der Waals surface area (Å²) in [4.78, 5) is 19.1. The van der Waals surface area contributed by atoms with Crippen LogP contribution in [0.5, 0.6) is 0 Å². The Kier molecular flexibility index (Phi) is 4.84. The van der Waals surface area contributed by atoms with Crippen molar-refractivity contribution in [1.29, 1.82) is 0 Å². The van der Waals surface area contributed by atoms with Gasteiger partial charge in [0.2, 0.25) is 11.3 Å². The molecule has 150 valence electrons. The largest absolute Gasteiger partial charge is 0.372 e. The fourth-order valence-electron chi connectivity index (χ4n) is 2.91. The van der Waals surface area contributed by atoms with Gasteiger partial charge in [-0.1, -0.05) is 24.3 Å². The zero-order chi connectivity index (χ0) is 21.3. The molecule has 2 heterocycles. The average Bonchev–Trinajstić information content (AvgIpc) is 2.73. The number of nitro groups is 1. The third kappa shape index (κ3) is 3.80. The Balaban J connectivity index is 1.86. The Hall–Kier alpha value is -3.92. The number of nitrogens with one attached hydrogen (secondary N) is 1. The van der Waals surface area contributed by atoms with Crippen LogP contribution >= 0.6 is 0 Å². The Labute approximate surface area is 171 Å². The van der Waals surface area contributed by atoms with Crippen molar-refractivity contribution in [2.45, 2.75) is 11.8 Å². The van der Waals surface area contributed by atoms with Gasteiger partial charge in [0.05, 0.1) is 22.2 Å². The predicted molar refractivity (Wildman–Crippen MR) is 110 cm³/mol. The lowest BCUT2D eigenvalue weighted by molar-refractivity contribution is -0.599. The number of anilines is 1. The first-order valence-electron chi connectivity index (χ1n) is 8.86. The number of non-ortho nitro benzene ring substituents is 1. The molecule has 2 aromatic carbocycles. The maximum Gasteiger partial charge on any atom is 0.372 e. The molecule has 0 spiro atoms. The summed E-state index contributed by atoms with van der Waals surface area (Å²) in [6.45, 7) is 1.90. The van der Waals surface area contributed by atoms with E-state index >= 15 is 0 Å². The van der Waals surface area contributed by atoms with E-state index in [2.05, 4.69) is 14.7 Å². The summed E-state index contributed by atoms with van der Waals surface area (Å²) in [5, 5.41) is 11.0. The molecule has 0 radical (unpaired) electrons. The summed E-state index contributed by atoms with van der Waals surface area (Å²) in [5.41, 5.74) is 1.72. The number of aromatic nitrogens is 3. The van der Waals surface area contributed by atoms with Crippen LogP contribution < -0.4 is 9.29 Å². The number of hydrogen-bond donors (Lipinski definition) is 1. The Morgan fingerprint density at radius 1 is 1.00 bits per heavy atom. The van der Waals surface area contributed by atoms with Gasteiger partial charge >= 0.3 is 5.82 Å². The van der Waals surface area contributed by atoms with Gasteiger partial charge in [-0.3, -0.25) is 14.8 Å². The molecule has 0 aliphatic rings. The van der Waals surface area contributed by atoms with Crippen molar-refractivity contribution in [3.8, 4) is 5.82 Å². The second-order valence-electron chi connectivity index (χ2n) is 6.53. The minimum Gasteiger partial charge on any atom is -0.258 e. The number of pyridine rings is 1. The van der Waals surface area contributed by atoms with Crippen molar-refractivity contribution in [3.05, 3.63) is 88.7 Å². The van der Waals surface area contributed by atoms with Crippen LogP contribution in [0.2, 0.25) is 0 Å². The van der Waals surface area contributed by atoms with Gasteiger partial charge in [0, 0.05) is 12.1 Å². The van der Waals surface area contributed by atoms with Crippen molar-refractivity contribution < 1.29 is 17.9 Å². The number of hydrogen-bond acceptors (Lipinski definition) is 6. The molecule has 30 heavy (non-hydrogen) atoms. The molecular formula is C20H16N5O4S+. The van der Waals surface area contributed by atoms with E-state index in [1.165, 1.54) is 18.2 Å². The molecule has 2 aromatic heterocycles. The fourth-order valence-corrected chi connectivity index (χ4v) is 3.96. The number of sulfonamides is 1. The third-order valence-corrected chi connectivity index (χ3v) is 5.65. The standard InChI is InChI=1S/C20H16N5O4S/c1-14-6-5-11-24(13-14)20-19(21-17-9-2-3-10-18(17)22-20)23-30(28,29)16-8-4-7-15(12-16)25(26)27/h2-13H,1H3,(H,21,23)/q+1. The van der Waals surface area contributed by atoms with Crippen LogP contribution in [0.3, 0.4) is 0 Å². The normalized spacial score (nSPS) is 11.4. The van der Waals surface area contributed by atoms with Crippen molar-refractivity contribution in [3.63, 3.8) is 0 Å². The molecule has 0 saturated carbocycles. The van der Waals surface area contributed by atoms with Crippen molar-refractivity contribution in [2.75, 3.05) is 4.72 Å². The van der Waals surface area contributed by atoms with Gasteiger partial charge in [-0.15, -0.1) is 0 Å². The molecule has 0 atom stereocenters. The zero-order valence-corrected chi connectivity index (χ0v) is 16.6. The minimum atomic E-state index is -4.15. The maximum absolute atomic E-state index is 13.0. The van der Waals surface area contributed by atoms with E-state index in [9.17, 15) is 18.5 Å². The van der Waals surface area contributed by atoms with Crippen LogP contribution in [0.25, 0.3) is 16.9 Å². The monoisotopic (exact) mass is 422 g/mol. The number of benzene rings is 2. The molecule has 0 saturated heterocycles. The molecule has 4 aromatic rings. The first kappa shape index (κ1) is 19.4. The van der Waals surface area contributed by atoms with Crippen LogP contribution in [0.4, 0.5) is 11.5 Å². The molecule has 0 amide bonds. The first-order chi connectivity index (χ1) is 14.3. The van der Waals surface area contributed by atoms with Gasteiger partial charge in [0.25, 0.3) is 15.7 Å². The number of rotatable bonds is 5. The highest BCUT2D eigenvalue weighted by Gasteiger charge is 2.25. The van der Waals surface area contributed by atoms with E-state index in [1.54, 1.807) is 35.2 Å². The fraction of sp³-hybridized carbons (Fsp3) is 0.0500. The average molecular weight is 422 g/mol. The zero-order valence-electron chi connectivity index (χ0n) is 15.8. The second-order valence-corrected chi connectivity index (χ2v) is 8.22.